The third-order valence-corrected chi connectivity index (χ3v) is 5.77. The lowest BCUT2D eigenvalue weighted by atomic mass is 9.98. The Bertz CT molecular complexity index is 1010. The van der Waals surface area contributed by atoms with Crippen LogP contribution in [0, 0.1) is 0 Å². The van der Waals surface area contributed by atoms with Gasteiger partial charge in [-0.1, -0.05) is 60.7 Å². The monoisotopic (exact) mass is 423 g/mol. The molecule has 1 amide bonds. The number of nitrogens with one attached hydrogen (secondary N) is 1. The molecule has 156 valence electrons. The summed E-state index contributed by atoms with van der Waals surface area (Å²) in [4.78, 5) is 12.8. The summed E-state index contributed by atoms with van der Waals surface area (Å²) in [5.41, 5.74) is 2.05. The Balaban J connectivity index is 1.52. The number of hydrogen-bond donors (Lipinski definition) is 1. The van der Waals surface area contributed by atoms with Crippen molar-refractivity contribution in [2.45, 2.75) is 23.8 Å². The molecule has 30 heavy (non-hydrogen) atoms. The lowest BCUT2D eigenvalue weighted by Crippen LogP contribution is -2.29. The molecule has 0 bridgehead atoms. The number of amides is 1. The fraction of sp³-hybridized carbons (Fsp3) is 0.208. The molecule has 0 heterocycles. The van der Waals surface area contributed by atoms with Gasteiger partial charge in [0, 0.05) is 12.7 Å². The Morgan fingerprint density at radius 1 is 0.867 bits per heavy atom. The number of benzene rings is 3. The second-order valence-electron chi connectivity index (χ2n) is 7.02. The first-order chi connectivity index (χ1) is 14.4. The molecule has 0 radical (unpaired) electrons. The number of hydrogen-bond acceptors (Lipinski definition) is 4. The summed E-state index contributed by atoms with van der Waals surface area (Å²) in [5, 5.41) is 3.11. The van der Waals surface area contributed by atoms with Crippen molar-refractivity contribution in [3.8, 4) is 5.75 Å². The van der Waals surface area contributed by atoms with E-state index in [0.29, 0.717) is 25.2 Å². The number of rotatable bonds is 9. The summed E-state index contributed by atoms with van der Waals surface area (Å²) in [6.07, 6.45) is 2.05. The summed E-state index contributed by atoms with van der Waals surface area (Å²) in [5.74, 6) is 0.526. The largest absolute Gasteiger partial charge is 0.494 e. The van der Waals surface area contributed by atoms with Gasteiger partial charge in [0.2, 0.25) is 5.91 Å². The summed E-state index contributed by atoms with van der Waals surface area (Å²) in [6.45, 7) is 0.368. The van der Waals surface area contributed by atoms with Crippen molar-refractivity contribution in [2.24, 2.45) is 0 Å². The Hall–Kier alpha value is -3.12. The maximum absolute atomic E-state index is 12.5. The van der Waals surface area contributed by atoms with E-state index in [1.165, 1.54) is 18.4 Å². The minimum Gasteiger partial charge on any atom is -0.494 e. The van der Waals surface area contributed by atoms with Crippen molar-refractivity contribution in [1.82, 2.24) is 5.32 Å². The molecule has 3 aromatic rings. The van der Waals surface area contributed by atoms with Crippen molar-refractivity contribution < 1.29 is 17.9 Å². The molecular formula is C24H25NO4S. The zero-order valence-electron chi connectivity index (χ0n) is 16.8. The maximum atomic E-state index is 12.5. The summed E-state index contributed by atoms with van der Waals surface area (Å²) < 4.78 is 28.6. The van der Waals surface area contributed by atoms with Crippen LogP contribution in [-0.2, 0) is 14.6 Å². The standard InChI is InChI=1S/C24H25NO4S/c1-30(27,28)22-16-14-21(15-17-22)29-18-8-13-23(26)25-24(19-9-4-2-5-10-19)20-11-6-3-7-12-20/h2-7,9-12,14-17,24H,8,13,18H2,1H3,(H,25,26). The lowest BCUT2D eigenvalue weighted by molar-refractivity contribution is -0.121. The van der Waals surface area contributed by atoms with Gasteiger partial charge in [0.1, 0.15) is 5.75 Å². The van der Waals surface area contributed by atoms with Gasteiger partial charge in [-0.2, -0.15) is 0 Å². The van der Waals surface area contributed by atoms with Gasteiger partial charge in [-0.05, 0) is 41.8 Å². The van der Waals surface area contributed by atoms with Crippen LogP contribution in [0.1, 0.15) is 30.0 Å². The zero-order chi connectivity index (χ0) is 21.4. The molecule has 0 unspecified atom stereocenters. The van der Waals surface area contributed by atoms with E-state index < -0.39 is 9.84 Å². The van der Waals surface area contributed by atoms with Crippen LogP contribution in [0.2, 0.25) is 0 Å². The van der Waals surface area contributed by atoms with Gasteiger partial charge in [0.15, 0.2) is 9.84 Å². The van der Waals surface area contributed by atoms with Crippen molar-refractivity contribution in [2.75, 3.05) is 12.9 Å². The van der Waals surface area contributed by atoms with Crippen LogP contribution >= 0.6 is 0 Å². The highest BCUT2D eigenvalue weighted by molar-refractivity contribution is 7.90. The average Bonchev–Trinajstić information content (AvgIpc) is 2.76. The summed E-state index contributed by atoms with van der Waals surface area (Å²) in [7, 11) is -3.22. The molecule has 0 saturated heterocycles. The van der Waals surface area contributed by atoms with Crippen molar-refractivity contribution in [3.63, 3.8) is 0 Å². The number of carbonyl (C=O) groups excluding carboxylic acids is 1. The highest BCUT2D eigenvalue weighted by Gasteiger charge is 2.16. The quantitative estimate of drug-likeness (QED) is 0.525. The number of carbonyl (C=O) groups is 1. The third kappa shape index (κ3) is 6.19. The predicted octanol–water partition coefficient (Wildman–Crippen LogP) is 4.15. The normalized spacial score (nSPS) is 11.3. The Morgan fingerprint density at radius 3 is 1.90 bits per heavy atom. The number of ether oxygens (including phenoxy) is 1. The average molecular weight is 424 g/mol. The molecule has 0 aromatic heterocycles. The van der Waals surface area contributed by atoms with Crippen LogP contribution in [0.3, 0.4) is 0 Å². The molecule has 0 aliphatic heterocycles. The van der Waals surface area contributed by atoms with Crippen LogP contribution in [0.5, 0.6) is 5.75 Å². The fourth-order valence-corrected chi connectivity index (χ4v) is 3.72. The van der Waals surface area contributed by atoms with Gasteiger partial charge in [-0.15, -0.1) is 0 Å². The predicted molar refractivity (Wildman–Crippen MR) is 117 cm³/mol. The van der Waals surface area contributed by atoms with Crippen LogP contribution in [0.25, 0.3) is 0 Å². The van der Waals surface area contributed by atoms with E-state index in [1.807, 2.05) is 60.7 Å². The lowest BCUT2D eigenvalue weighted by Gasteiger charge is -2.20. The first-order valence-electron chi connectivity index (χ1n) is 9.75. The Morgan fingerprint density at radius 2 is 1.40 bits per heavy atom. The minimum atomic E-state index is -3.22. The molecule has 0 saturated carbocycles. The summed E-state index contributed by atoms with van der Waals surface area (Å²) >= 11 is 0. The van der Waals surface area contributed by atoms with E-state index in [9.17, 15) is 13.2 Å². The van der Waals surface area contributed by atoms with Gasteiger partial charge >= 0.3 is 0 Å². The molecule has 5 nitrogen and oxygen atoms in total. The highest BCUT2D eigenvalue weighted by atomic mass is 32.2. The maximum Gasteiger partial charge on any atom is 0.220 e. The van der Waals surface area contributed by atoms with E-state index in [0.717, 1.165) is 11.1 Å². The van der Waals surface area contributed by atoms with Crippen molar-refractivity contribution in [1.29, 1.82) is 0 Å². The molecule has 0 fully saturated rings. The van der Waals surface area contributed by atoms with E-state index in [1.54, 1.807) is 12.1 Å². The fourth-order valence-electron chi connectivity index (χ4n) is 3.09. The van der Waals surface area contributed by atoms with Crippen molar-refractivity contribution in [3.05, 3.63) is 96.1 Å². The van der Waals surface area contributed by atoms with Crippen LogP contribution in [0.4, 0.5) is 0 Å². The second-order valence-corrected chi connectivity index (χ2v) is 9.03. The zero-order valence-corrected chi connectivity index (χ0v) is 17.6. The van der Waals surface area contributed by atoms with Gasteiger partial charge in [-0.25, -0.2) is 8.42 Å². The van der Waals surface area contributed by atoms with E-state index in [4.69, 9.17) is 4.74 Å². The minimum absolute atomic E-state index is 0.0521. The molecule has 3 rings (SSSR count). The van der Waals surface area contributed by atoms with E-state index in [-0.39, 0.29) is 16.8 Å². The molecule has 0 atom stereocenters. The second kappa shape index (κ2) is 10.1. The molecular weight excluding hydrogens is 398 g/mol. The molecule has 3 aromatic carbocycles. The summed E-state index contributed by atoms with van der Waals surface area (Å²) in [6, 6.07) is 25.8. The Kier molecular flexibility index (Phi) is 7.25. The van der Waals surface area contributed by atoms with Gasteiger partial charge < -0.3 is 10.1 Å². The molecule has 0 spiro atoms. The molecule has 6 heteroatoms. The van der Waals surface area contributed by atoms with Crippen molar-refractivity contribution >= 4 is 15.7 Å². The van der Waals surface area contributed by atoms with Gasteiger partial charge in [0.25, 0.3) is 0 Å². The van der Waals surface area contributed by atoms with Gasteiger partial charge in [-0.3, -0.25) is 4.79 Å². The van der Waals surface area contributed by atoms with Crippen LogP contribution in [0.15, 0.2) is 89.8 Å². The first-order valence-corrected chi connectivity index (χ1v) is 11.6. The number of sulfone groups is 1. The van der Waals surface area contributed by atoms with E-state index >= 15 is 0 Å². The first kappa shape index (κ1) is 21.6. The van der Waals surface area contributed by atoms with Crippen LogP contribution in [-0.4, -0.2) is 27.2 Å². The smallest absolute Gasteiger partial charge is 0.220 e. The third-order valence-electron chi connectivity index (χ3n) is 4.64. The van der Waals surface area contributed by atoms with Crippen LogP contribution < -0.4 is 10.1 Å². The molecule has 0 aliphatic carbocycles. The molecule has 0 aliphatic rings. The van der Waals surface area contributed by atoms with E-state index in [2.05, 4.69) is 5.32 Å². The molecule has 1 N–H and O–H groups in total. The highest BCUT2D eigenvalue weighted by Crippen LogP contribution is 2.22. The van der Waals surface area contributed by atoms with Gasteiger partial charge in [0.05, 0.1) is 17.5 Å². The SMILES string of the molecule is CS(=O)(=O)c1ccc(OCCCC(=O)NC(c2ccccc2)c2ccccc2)cc1. The topological polar surface area (TPSA) is 72.5 Å². The Labute approximate surface area is 177 Å².